The van der Waals surface area contributed by atoms with Crippen molar-refractivity contribution < 1.29 is 9.53 Å². The Morgan fingerprint density at radius 1 is 1.24 bits per heavy atom. The molecule has 0 radical (unpaired) electrons. The zero-order chi connectivity index (χ0) is 20.6. The fourth-order valence-corrected chi connectivity index (χ4v) is 3.55. The van der Waals surface area contributed by atoms with Crippen LogP contribution in [0.15, 0.2) is 66.6 Å². The van der Waals surface area contributed by atoms with Gasteiger partial charge in [0.25, 0.3) is 0 Å². The predicted molar refractivity (Wildman–Crippen MR) is 114 cm³/mol. The lowest BCUT2D eigenvalue weighted by Crippen LogP contribution is -2.30. The fourth-order valence-electron chi connectivity index (χ4n) is 2.67. The summed E-state index contributed by atoms with van der Waals surface area (Å²) < 4.78 is 7.09. The molecule has 3 aromatic rings. The van der Waals surface area contributed by atoms with Gasteiger partial charge in [-0.3, -0.25) is 14.3 Å². The molecule has 29 heavy (non-hydrogen) atoms. The number of benzene rings is 1. The van der Waals surface area contributed by atoms with Crippen molar-refractivity contribution in [3.63, 3.8) is 0 Å². The molecule has 1 N–H and O–H groups in total. The highest BCUT2D eigenvalue weighted by molar-refractivity contribution is 8.00. The zero-order valence-corrected chi connectivity index (χ0v) is 17.2. The third kappa shape index (κ3) is 5.23. The number of nitrogens with zero attached hydrogens (tertiary/aromatic N) is 4. The van der Waals surface area contributed by atoms with Crippen LogP contribution < -0.4 is 10.1 Å². The SMILES string of the molecule is C=CCn1c(SC(C)C(=O)NCc2ccc(OC)cc2)nnc1-c1ccncc1. The molecule has 0 aliphatic carbocycles. The lowest BCUT2D eigenvalue weighted by Gasteiger charge is -2.13. The van der Waals surface area contributed by atoms with Gasteiger partial charge in [-0.2, -0.15) is 0 Å². The summed E-state index contributed by atoms with van der Waals surface area (Å²) in [5, 5.41) is 11.9. The molecule has 1 amide bonds. The van der Waals surface area contributed by atoms with Gasteiger partial charge in [-0.05, 0) is 36.8 Å². The van der Waals surface area contributed by atoms with Crippen molar-refractivity contribution in [2.75, 3.05) is 7.11 Å². The summed E-state index contributed by atoms with van der Waals surface area (Å²) >= 11 is 1.37. The molecule has 0 spiro atoms. The molecular weight excluding hydrogens is 386 g/mol. The Labute approximate surface area is 174 Å². The maximum absolute atomic E-state index is 12.5. The van der Waals surface area contributed by atoms with Gasteiger partial charge in [0.1, 0.15) is 5.75 Å². The summed E-state index contributed by atoms with van der Waals surface area (Å²) in [4.78, 5) is 16.6. The molecular formula is C21H23N5O2S. The van der Waals surface area contributed by atoms with Crippen LogP contribution in [0, 0.1) is 0 Å². The van der Waals surface area contributed by atoms with Crippen LogP contribution in [0.5, 0.6) is 5.75 Å². The molecule has 1 atom stereocenters. The van der Waals surface area contributed by atoms with Crippen molar-refractivity contribution >= 4 is 17.7 Å². The van der Waals surface area contributed by atoms with Crippen LogP contribution >= 0.6 is 11.8 Å². The third-order valence-corrected chi connectivity index (χ3v) is 5.32. The second kappa shape index (κ2) is 9.88. The zero-order valence-electron chi connectivity index (χ0n) is 16.4. The van der Waals surface area contributed by atoms with Crippen LogP contribution in [0.2, 0.25) is 0 Å². The smallest absolute Gasteiger partial charge is 0.233 e. The van der Waals surface area contributed by atoms with Gasteiger partial charge in [0.15, 0.2) is 11.0 Å². The molecule has 0 aliphatic heterocycles. The van der Waals surface area contributed by atoms with E-state index >= 15 is 0 Å². The number of thioether (sulfide) groups is 1. The van der Waals surface area contributed by atoms with Crippen molar-refractivity contribution in [2.24, 2.45) is 0 Å². The monoisotopic (exact) mass is 409 g/mol. The van der Waals surface area contributed by atoms with Crippen LogP contribution in [0.25, 0.3) is 11.4 Å². The lowest BCUT2D eigenvalue weighted by molar-refractivity contribution is -0.120. The minimum Gasteiger partial charge on any atom is -0.497 e. The Bertz CT molecular complexity index is 957. The Morgan fingerprint density at radius 3 is 2.62 bits per heavy atom. The van der Waals surface area contributed by atoms with E-state index in [4.69, 9.17) is 4.74 Å². The highest BCUT2D eigenvalue weighted by atomic mass is 32.2. The topological polar surface area (TPSA) is 81.9 Å². The number of rotatable bonds is 9. The van der Waals surface area contributed by atoms with E-state index in [0.717, 1.165) is 22.7 Å². The highest BCUT2D eigenvalue weighted by Crippen LogP contribution is 2.26. The second-order valence-electron chi connectivity index (χ2n) is 6.27. The molecule has 2 heterocycles. The number of aromatic nitrogens is 4. The lowest BCUT2D eigenvalue weighted by atomic mass is 10.2. The molecule has 0 fully saturated rings. The number of nitrogens with one attached hydrogen (secondary N) is 1. The second-order valence-corrected chi connectivity index (χ2v) is 7.58. The summed E-state index contributed by atoms with van der Waals surface area (Å²) in [6.45, 7) is 6.67. The molecule has 0 saturated heterocycles. The van der Waals surface area contributed by atoms with E-state index in [2.05, 4.69) is 27.1 Å². The number of pyridine rings is 1. The molecule has 0 saturated carbocycles. The third-order valence-electron chi connectivity index (χ3n) is 4.24. The highest BCUT2D eigenvalue weighted by Gasteiger charge is 2.20. The maximum atomic E-state index is 12.5. The van der Waals surface area contributed by atoms with Crippen LogP contribution in [0.3, 0.4) is 0 Å². The molecule has 150 valence electrons. The van der Waals surface area contributed by atoms with Gasteiger partial charge in [0.05, 0.1) is 12.4 Å². The Balaban J connectivity index is 1.66. The van der Waals surface area contributed by atoms with Gasteiger partial charge in [-0.25, -0.2) is 0 Å². The molecule has 7 nitrogen and oxygen atoms in total. The van der Waals surface area contributed by atoms with Crippen molar-refractivity contribution in [3.8, 4) is 17.1 Å². The minimum absolute atomic E-state index is 0.0653. The quantitative estimate of drug-likeness (QED) is 0.431. The number of carbonyl (C=O) groups is 1. The number of methoxy groups -OCH3 is 1. The molecule has 1 aromatic carbocycles. The molecule has 3 rings (SSSR count). The van der Waals surface area contributed by atoms with Crippen LogP contribution in [0.4, 0.5) is 0 Å². The molecule has 1 unspecified atom stereocenters. The first kappa shape index (κ1) is 20.6. The van der Waals surface area contributed by atoms with E-state index in [1.807, 2.05) is 47.9 Å². The summed E-state index contributed by atoms with van der Waals surface area (Å²) in [7, 11) is 1.63. The number of amides is 1. The number of carbonyl (C=O) groups excluding carboxylic acids is 1. The van der Waals surface area contributed by atoms with Gasteiger partial charge in [-0.1, -0.05) is 30.0 Å². The first-order valence-electron chi connectivity index (χ1n) is 9.14. The standard InChI is InChI=1S/C21H23N5O2S/c1-4-13-26-19(17-9-11-22-12-10-17)24-25-21(26)29-15(2)20(27)23-14-16-5-7-18(28-3)8-6-16/h4-12,15H,1,13-14H2,2-3H3,(H,23,27). The largest absolute Gasteiger partial charge is 0.497 e. The first-order chi connectivity index (χ1) is 14.1. The van der Waals surface area contributed by atoms with E-state index in [1.54, 1.807) is 25.6 Å². The van der Waals surface area contributed by atoms with Crippen LogP contribution in [0.1, 0.15) is 12.5 Å². The van der Waals surface area contributed by atoms with Crippen molar-refractivity contribution in [1.82, 2.24) is 25.1 Å². The van der Waals surface area contributed by atoms with Gasteiger partial charge < -0.3 is 10.1 Å². The summed E-state index contributed by atoms with van der Waals surface area (Å²) in [6, 6.07) is 11.4. The number of allylic oxidation sites excluding steroid dienone is 1. The molecule has 8 heteroatoms. The van der Waals surface area contributed by atoms with Crippen LogP contribution in [-0.4, -0.2) is 38.0 Å². The predicted octanol–water partition coefficient (Wildman–Crippen LogP) is 3.33. The van der Waals surface area contributed by atoms with Crippen molar-refractivity contribution in [2.45, 2.75) is 30.4 Å². The minimum atomic E-state index is -0.327. The van der Waals surface area contributed by atoms with Gasteiger partial charge in [-0.15, -0.1) is 16.8 Å². The average Bonchev–Trinajstić information content (AvgIpc) is 3.15. The summed E-state index contributed by atoms with van der Waals surface area (Å²) in [6.07, 6.45) is 5.21. The average molecular weight is 410 g/mol. The number of hydrogen-bond donors (Lipinski definition) is 1. The van der Waals surface area contributed by atoms with E-state index < -0.39 is 0 Å². The Hall–Kier alpha value is -3.13. The Kier molecular flexibility index (Phi) is 7.02. The van der Waals surface area contributed by atoms with E-state index in [9.17, 15) is 4.79 Å². The molecule has 2 aromatic heterocycles. The van der Waals surface area contributed by atoms with Gasteiger partial charge >= 0.3 is 0 Å². The van der Waals surface area contributed by atoms with Crippen molar-refractivity contribution in [3.05, 3.63) is 67.0 Å². The van der Waals surface area contributed by atoms with Crippen LogP contribution in [-0.2, 0) is 17.9 Å². The van der Waals surface area contributed by atoms with Crippen molar-refractivity contribution in [1.29, 1.82) is 0 Å². The summed E-state index contributed by atoms with van der Waals surface area (Å²) in [5.74, 6) is 1.45. The van der Waals surface area contributed by atoms with Gasteiger partial charge in [0.2, 0.25) is 5.91 Å². The van der Waals surface area contributed by atoms with E-state index in [-0.39, 0.29) is 11.2 Å². The molecule has 0 aliphatic rings. The van der Waals surface area contributed by atoms with E-state index in [1.165, 1.54) is 11.8 Å². The number of hydrogen-bond acceptors (Lipinski definition) is 6. The Morgan fingerprint density at radius 2 is 1.97 bits per heavy atom. The van der Waals surface area contributed by atoms with E-state index in [0.29, 0.717) is 18.2 Å². The first-order valence-corrected chi connectivity index (χ1v) is 10.0. The normalized spacial score (nSPS) is 11.7. The molecule has 0 bridgehead atoms. The maximum Gasteiger partial charge on any atom is 0.233 e. The summed E-state index contributed by atoms with van der Waals surface area (Å²) in [5.41, 5.74) is 1.92. The fraction of sp³-hybridized carbons (Fsp3) is 0.238. The van der Waals surface area contributed by atoms with Gasteiger partial charge in [0, 0.05) is 31.0 Å². The number of ether oxygens (including phenoxy) is 1.